The Balaban J connectivity index is 1.81. The van der Waals surface area contributed by atoms with Crippen LogP contribution in [0.5, 0.6) is 0 Å². The predicted octanol–water partition coefficient (Wildman–Crippen LogP) is 3.37. The highest BCUT2D eigenvalue weighted by Gasteiger charge is 2.29. The van der Waals surface area contributed by atoms with Crippen molar-refractivity contribution in [2.75, 3.05) is 24.1 Å². The molecule has 0 aromatic heterocycles. The predicted molar refractivity (Wildman–Crippen MR) is 88.5 cm³/mol. The molecular weight excluding hydrogens is 286 g/mol. The first-order chi connectivity index (χ1) is 9.95. The van der Waals surface area contributed by atoms with Crippen molar-refractivity contribution >= 4 is 28.9 Å². The SMILES string of the molecule is CC(C)CN(CCC(=O)Nc1ccc(Cl)c(N)c1)C1CC1. The monoisotopic (exact) mass is 309 g/mol. The molecule has 1 aliphatic rings. The van der Waals surface area contributed by atoms with E-state index in [9.17, 15) is 4.79 Å². The molecule has 1 aromatic rings. The fourth-order valence-electron chi connectivity index (χ4n) is 2.42. The molecule has 1 saturated carbocycles. The lowest BCUT2D eigenvalue weighted by Crippen LogP contribution is -2.33. The van der Waals surface area contributed by atoms with Gasteiger partial charge in [0, 0.05) is 31.2 Å². The summed E-state index contributed by atoms with van der Waals surface area (Å²) in [5, 5.41) is 3.38. The third-order valence-corrected chi connectivity index (χ3v) is 3.91. The summed E-state index contributed by atoms with van der Waals surface area (Å²) in [7, 11) is 0. The van der Waals surface area contributed by atoms with E-state index < -0.39 is 0 Å². The number of anilines is 2. The smallest absolute Gasteiger partial charge is 0.225 e. The van der Waals surface area contributed by atoms with E-state index in [-0.39, 0.29) is 5.91 Å². The Hall–Kier alpha value is -1.26. The average Bonchev–Trinajstić information content (AvgIpc) is 3.23. The lowest BCUT2D eigenvalue weighted by Gasteiger charge is -2.23. The molecule has 116 valence electrons. The molecule has 2 rings (SSSR count). The number of nitrogens with zero attached hydrogens (tertiary/aromatic N) is 1. The zero-order chi connectivity index (χ0) is 15.4. The van der Waals surface area contributed by atoms with Crippen LogP contribution in [-0.2, 0) is 4.79 Å². The molecule has 0 spiro atoms. The lowest BCUT2D eigenvalue weighted by atomic mass is 10.2. The fraction of sp³-hybridized carbons (Fsp3) is 0.562. The van der Waals surface area contributed by atoms with Crippen molar-refractivity contribution in [1.29, 1.82) is 0 Å². The summed E-state index contributed by atoms with van der Waals surface area (Å²) >= 11 is 5.87. The van der Waals surface area contributed by atoms with E-state index in [4.69, 9.17) is 17.3 Å². The summed E-state index contributed by atoms with van der Waals surface area (Å²) in [4.78, 5) is 14.5. The number of carbonyl (C=O) groups is 1. The summed E-state index contributed by atoms with van der Waals surface area (Å²) in [6.45, 7) is 6.31. The Kier molecular flexibility index (Phi) is 5.48. The van der Waals surface area contributed by atoms with E-state index in [0.717, 1.165) is 13.1 Å². The minimum absolute atomic E-state index is 0.0196. The van der Waals surface area contributed by atoms with Crippen LogP contribution in [0.1, 0.15) is 33.1 Å². The Morgan fingerprint density at radius 1 is 1.48 bits per heavy atom. The molecule has 0 bridgehead atoms. The van der Waals surface area contributed by atoms with Gasteiger partial charge in [0.25, 0.3) is 0 Å². The second-order valence-electron chi connectivity index (χ2n) is 6.15. The van der Waals surface area contributed by atoms with Gasteiger partial charge in [-0.3, -0.25) is 9.69 Å². The minimum atomic E-state index is 0.0196. The van der Waals surface area contributed by atoms with Gasteiger partial charge < -0.3 is 11.1 Å². The van der Waals surface area contributed by atoms with Crippen molar-refractivity contribution in [3.63, 3.8) is 0 Å². The first-order valence-electron chi connectivity index (χ1n) is 7.54. The second-order valence-corrected chi connectivity index (χ2v) is 6.56. The summed E-state index contributed by atoms with van der Waals surface area (Å²) in [5.74, 6) is 0.649. The first kappa shape index (κ1) is 16.1. The fourth-order valence-corrected chi connectivity index (χ4v) is 2.54. The minimum Gasteiger partial charge on any atom is -0.397 e. The number of nitrogens with two attached hydrogens (primary N) is 1. The Bertz CT molecular complexity index is 500. The Morgan fingerprint density at radius 3 is 2.76 bits per heavy atom. The average molecular weight is 310 g/mol. The molecule has 0 saturated heterocycles. The molecule has 21 heavy (non-hydrogen) atoms. The van der Waals surface area contributed by atoms with Gasteiger partial charge in [-0.05, 0) is 37.0 Å². The number of nitrogens with one attached hydrogen (secondary N) is 1. The van der Waals surface area contributed by atoms with E-state index in [1.807, 2.05) is 0 Å². The number of nitrogen functional groups attached to an aromatic ring is 1. The van der Waals surface area contributed by atoms with Gasteiger partial charge in [0.05, 0.1) is 10.7 Å². The molecular formula is C16H24ClN3O. The van der Waals surface area contributed by atoms with Gasteiger partial charge in [0.2, 0.25) is 5.91 Å². The zero-order valence-corrected chi connectivity index (χ0v) is 13.5. The maximum absolute atomic E-state index is 12.0. The van der Waals surface area contributed by atoms with Gasteiger partial charge in [0.1, 0.15) is 0 Å². The van der Waals surface area contributed by atoms with E-state index in [2.05, 4.69) is 24.1 Å². The van der Waals surface area contributed by atoms with Gasteiger partial charge in [-0.25, -0.2) is 0 Å². The van der Waals surface area contributed by atoms with Crippen LogP contribution < -0.4 is 11.1 Å². The summed E-state index contributed by atoms with van der Waals surface area (Å²) in [5.41, 5.74) is 6.91. The molecule has 0 atom stereocenters. The van der Waals surface area contributed by atoms with Crippen LogP contribution in [0.2, 0.25) is 5.02 Å². The number of rotatable bonds is 7. The standard InChI is InChI=1S/C16H24ClN3O/c1-11(2)10-20(13-4-5-13)8-7-16(21)19-12-3-6-14(17)15(18)9-12/h3,6,9,11,13H,4-5,7-8,10,18H2,1-2H3,(H,19,21). The highest BCUT2D eigenvalue weighted by Crippen LogP contribution is 2.27. The summed E-state index contributed by atoms with van der Waals surface area (Å²) in [6.07, 6.45) is 3.04. The quantitative estimate of drug-likeness (QED) is 0.759. The van der Waals surface area contributed by atoms with E-state index in [1.54, 1.807) is 18.2 Å². The van der Waals surface area contributed by atoms with E-state index >= 15 is 0 Å². The Labute approximate surface area is 131 Å². The van der Waals surface area contributed by atoms with E-state index in [1.165, 1.54) is 12.8 Å². The summed E-state index contributed by atoms with van der Waals surface area (Å²) < 4.78 is 0. The van der Waals surface area contributed by atoms with Crippen LogP contribution in [0.15, 0.2) is 18.2 Å². The number of hydrogen-bond acceptors (Lipinski definition) is 3. The molecule has 1 aromatic carbocycles. The number of benzene rings is 1. The van der Waals surface area contributed by atoms with Crippen molar-refractivity contribution in [3.8, 4) is 0 Å². The molecule has 3 N–H and O–H groups in total. The molecule has 1 aliphatic carbocycles. The van der Waals surface area contributed by atoms with E-state index in [0.29, 0.717) is 34.8 Å². The molecule has 4 nitrogen and oxygen atoms in total. The van der Waals surface area contributed by atoms with Crippen LogP contribution in [0.3, 0.4) is 0 Å². The van der Waals surface area contributed by atoms with Crippen LogP contribution in [0.4, 0.5) is 11.4 Å². The van der Waals surface area contributed by atoms with Crippen molar-refractivity contribution in [1.82, 2.24) is 4.90 Å². The third kappa shape index (κ3) is 5.21. The van der Waals surface area contributed by atoms with Gasteiger partial charge >= 0.3 is 0 Å². The van der Waals surface area contributed by atoms with Crippen molar-refractivity contribution < 1.29 is 4.79 Å². The number of carbonyl (C=O) groups excluding carboxylic acids is 1. The zero-order valence-electron chi connectivity index (χ0n) is 12.7. The number of halogens is 1. The second kappa shape index (κ2) is 7.14. The van der Waals surface area contributed by atoms with Crippen LogP contribution in [-0.4, -0.2) is 29.9 Å². The van der Waals surface area contributed by atoms with Crippen LogP contribution in [0, 0.1) is 5.92 Å². The molecule has 0 aliphatic heterocycles. The Morgan fingerprint density at radius 2 is 2.19 bits per heavy atom. The largest absolute Gasteiger partial charge is 0.397 e. The molecule has 0 heterocycles. The highest BCUT2D eigenvalue weighted by atomic mass is 35.5. The molecule has 0 unspecified atom stereocenters. The van der Waals surface area contributed by atoms with Gasteiger partial charge in [0.15, 0.2) is 0 Å². The number of amides is 1. The normalized spacial score (nSPS) is 14.7. The molecule has 5 heteroatoms. The molecule has 1 amide bonds. The van der Waals surface area contributed by atoms with Crippen molar-refractivity contribution in [2.45, 2.75) is 39.2 Å². The maximum Gasteiger partial charge on any atom is 0.225 e. The summed E-state index contributed by atoms with van der Waals surface area (Å²) in [6, 6.07) is 5.84. The first-order valence-corrected chi connectivity index (χ1v) is 7.92. The van der Waals surface area contributed by atoms with Crippen LogP contribution >= 0.6 is 11.6 Å². The topological polar surface area (TPSA) is 58.4 Å². The van der Waals surface area contributed by atoms with Crippen LogP contribution in [0.25, 0.3) is 0 Å². The van der Waals surface area contributed by atoms with Crippen molar-refractivity contribution in [3.05, 3.63) is 23.2 Å². The molecule has 1 fully saturated rings. The maximum atomic E-state index is 12.0. The number of hydrogen-bond donors (Lipinski definition) is 2. The van der Waals surface area contributed by atoms with Gasteiger partial charge in [-0.1, -0.05) is 25.4 Å². The highest BCUT2D eigenvalue weighted by molar-refractivity contribution is 6.33. The lowest BCUT2D eigenvalue weighted by molar-refractivity contribution is -0.116. The van der Waals surface area contributed by atoms with Crippen molar-refractivity contribution in [2.24, 2.45) is 5.92 Å². The van der Waals surface area contributed by atoms with Gasteiger partial charge in [-0.2, -0.15) is 0 Å². The third-order valence-electron chi connectivity index (χ3n) is 3.57. The molecule has 0 radical (unpaired) electrons. The van der Waals surface area contributed by atoms with Gasteiger partial charge in [-0.15, -0.1) is 0 Å².